The van der Waals surface area contributed by atoms with E-state index in [-0.39, 0.29) is 5.54 Å². The molecule has 1 N–H and O–H groups in total. The summed E-state index contributed by atoms with van der Waals surface area (Å²) in [4.78, 5) is 14.4. The molecule has 1 saturated heterocycles. The zero-order valence-electron chi connectivity index (χ0n) is 9.88. The van der Waals surface area contributed by atoms with E-state index >= 15 is 0 Å². The quantitative estimate of drug-likeness (QED) is 0.771. The molecular weight excluding hydrogens is 188 g/mol. The first-order valence-corrected chi connectivity index (χ1v) is 6.29. The Bertz CT molecular complexity index is 242. The molecule has 1 saturated carbocycles. The summed E-state index contributed by atoms with van der Waals surface area (Å²) in [5, 5.41) is 3.46. The van der Waals surface area contributed by atoms with Crippen molar-refractivity contribution in [1.82, 2.24) is 10.2 Å². The Morgan fingerprint density at radius 1 is 1.33 bits per heavy atom. The van der Waals surface area contributed by atoms with Gasteiger partial charge in [0.15, 0.2) is 0 Å². The Morgan fingerprint density at radius 3 is 2.47 bits per heavy atom. The number of hydrogen-bond donors (Lipinski definition) is 1. The van der Waals surface area contributed by atoms with Crippen molar-refractivity contribution in [2.75, 3.05) is 6.67 Å². The SMILES string of the molecule is CCC(CC)N1CNC2(CCCC2)C1=O. The third-order valence-corrected chi connectivity index (χ3v) is 4.10. The Labute approximate surface area is 92.2 Å². The second-order valence-electron chi connectivity index (χ2n) is 4.87. The van der Waals surface area contributed by atoms with Crippen molar-refractivity contribution in [3.63, 3.8) is 0 Å². The van der Waals surface area contributed by atoms with Crippen LogP contribution < -0.4 is 5.32 Å². The Balaban J connectivity index is 2.09. The predicted octanol–water partition coefficient (Wildman–Crippen LogP) is 1.88. The number of hydrogen-bond acceptors (Lipinski definition) is 2. The van der Waals surface area contributed by atoms with Crippen LogP contribution in [0.25, 0.3) is 0 Å². The fraction of sp³-hybridized carbons (Fsp3) is 0.917. The van der Waals surface area contributed by atoms with Crippen molar-refractivity contribution in [2.45, 2.75) is 64.0 Å². The van der Waals surface area contributed by atoms with E-state index in [2.05, 4.69) is 24.1 Å². The third-order valence-electron chi connectivity index (χ3n) is 4.10. The fourth-order valence-electron chi connectivity index (χ4n) is 3.05. The molecule has 0 unspecified atom stereocenters. The number of rotatable bonds is 3. The van der Waals surface area contributed by atoms with Crippen LogP contribution in [0.3, 0.4) is 0 Å². The molecule has 0 aromatic rings. The van der Waals surface area contributed by atoms with E-state index in [0.717, 1.165) is 32.4 Å². The highest BCUT2D eigenvalue weighted by molar-refractivity contribution is 5.88. The van der Waals surface area contributed by atoms with Crippen LogP contribution in [0.4, 0.5) is 0 Å². The van der Waals surface area contributed by atoms with Gasteiger partial charge >= 0.3 is 0 Å². The number of nitrogens with one attached hydrogen (secondary N) is 1. The fourth-order valence-corrected chi connectivity index (χ4v) is 3.05. The van der Waals surface area contributed by atoms with E-state index in [1.54, 1.807) is 0 Å². The molecule has 0 radical (unpaired) electrons. The molecule has 86 valence electrons. The molecule has 1 spiro atoms. The number of carbonyl (C=O) groups excluding carboxylic acids is 1. The van der Waals surface area contributed by atoms with Crippen LogP contribution in [0.2, 0.25) is 0 Å². The highest BCUT2D eigenvalue weighted by atomic mass is 16.2. The van der Waals surface area contributed by atoms with E-state index in [1.807, 2.05) is 0 Å². The van der Waals surface area contributed by atoms with Gasteiger partial charge in [0.05, 0.1) is 12.2 Å². The lowest BCUT2D eigenvalue weighted by molar-refractivity contribution is -0.134. The highest BCUT2D eigenvalue weighted by Gasteiger charge is 2.48. The summed E-state index contributed by atoms with van der Waals surface area (Å²) < 4.78 is 0. The maximum atomic E-state index is 12.4. The van der Waals surface area contributed by atoms with Crippen LogP contribution in [0, 0.1) is 0 Å². The molecule has 0 aromatic heterocycles. The Kier molecular flexibility index (Phi) is 3.01. The number of amides is 1. The van der Waals surface area contributed by atoms with Gasteiger partial charge in [-0.15, -0.1) is 0 Å². The van der Waals surface area contributed by atoms with Gasteiger partial charge in [0.1, 0.15) is 0 Å². The van der Waals surface area contributed by atoms with E-state index in [4.69, 9.17) is 0 Å². The van der Waals surface area contributed by atoms with E-state index in [1.165, 1.54) is 12.8 Å². The molecule has 2 aliphatic rings. The van der Waals surface area contributed by atoms with E-state index < -0.39 is 0 Å². The van der Waals surface area contributed by atoms with Gasteiger partial charge in [-0.25, -0.2) is 0 Å². The van der Waals surface area contributed by atoms with Gasteiger partial charge in [-0.05, 0) is 25.7 Å². The van der Waals surface area contributed by atoms with Gasteiger partial charge in [0.25, 0.3) is 0 Å². The van der Waals surface area contributed by atoms with Gasteiger partial charge in [-0.1, -0.05) is 26.7 Å². The van der Waals surface area contributed by atoms with Crippen molar-refractivity contribution >= 4 is 5.91 Å². The van der Waals surface area contributed by atoms with Crippen LogP contribution in [-0.2, 0) is 4.79 Å². The average molecular weight is 210 g/mol. The monoisotopic (exact) mass is 210 g/mol. The van der Waals surface area contributed by atoms with Crippen molar-refractivity contribution < 1.29 is 4.79 Å². The molecule has 2 rings (SSSR count). The second-order valence-corrected chi connectivity index (χ2v) is 4.87. The third kappa shape index (κ3) is 1.67. The van der Waals surface area contributed by atoms with Crippen molar-refractivity contribution in [3.05, 3.63) is 0 Å². The van der Waals surface area contributed by atoms with Gasteiger partial charge < -0.3 is 4.90 Å². The van der Waals surface area contributed by atoms with E-state index in [0.29, 0.717) is 11.9 Å². The molecule has 2 fully saturated rings. The Hall–Kier alpha value is -0.570. The molecule has 1 heterocycles. The molecular formula is C12H22N2O. The van der Waals surface area contributed by atoms with Crippen molar-refractivity contribution in [3.8, 4) is 0 Å². The summed E-state index contributed by atoms with van der Waals surface area (Å²) in [6, 6.07) is 0.435. The minimum Gasteiger partial charge on any atom is -0.325 e. The molecule has 0 atom stereocenters. The Morgan fingerprint density at radius 2 is 1.93 bits per heavy atom. The zero-order valence-corrected chi connectivity index (χ0v) is 9.88. The predicted molar refractivity (Wildman–Crippen MR) is 60.4 cm³/mol. The van der Waals surface area contributed by atoms with Crippen LogP contribution in [-0.4, -0.2) is 29.1 Å². The maximum Gasteiger partial charge on any atom is 0.244 e. The first kappa shape index (κ1) is 10.9. The minimum atomic E-state index is -0.164. The van der Waals surface area contributed by atoms with Crippen molar-refractivity contribution in [1.29, 1.82) is 0 Å². The summed E-state index contributed by atoms with van der Waals surface area (Å²) in [5.74, 6) is 0.369. The van der Waals surface area contributed by atoms with Gasteiger partial charge in [0, 0.05) is 6.04 Å². The maximum absolute atomic E-state index is 12.4. The standard InChI is InChI=1S/C12H22N2O/c1-3-10(4-2)14-9-13-12(11(14)15)7-5-6-8-12/h10,13H,3-9H2,1-2H3. The molecule has 0 bridgehead atoms. The topological polar surface area (TPSA) is 32.3 Å². The van der Waals surface area contributed by atoms with Gasteiger partial charge in [-0.3, -0.25) is 10.1 Å². The van der Waals surface area contributed by atoms with Gasteiger partial charge in [-0.2, -0.15) is 0 Å². The molecule has 0 aromatic carbocycles. The normalized spacial score (nSPS) is 24.7. The molecule has 1 aliphatic carbocycles. The van der Waals surface area contributed by atoms with Crippen LogP contribution >= 0.6 is 0 Å². The first-order valence-electron chi connectivity index (χ1n) is 6.29. The lowest BCUT2D eigenvalue weighted by Gasteiger charge is -2.27. The molecule has 15 heavy (non-hydrogen) atoms. The zero-order chi connectivity index (χ0) is 10.9. The summed E-state index contributed by atoms with van der Waals surface area (Å²) >= 11 is 0. The summed E-state index contributed by atoms with van der Waals surface area (Å²) in [6.07, 6.45) is 6.63. The summed E-state index contributed by atoms with van der Waals surface area (Å²) in [6.45, 7) is 5.10. The van der Waals surface area contributed by atoms with E-state index in [9.17, 15) is 4.79 Å². The molecule has 3 nitrogen and oxygen atoms in total. The van der Waals surface area contributed by atoms with Crippen LogP contribution in [0.1, 0.15) is 52.4 Å². The average Bonchev–Trinajstić information content (AvgIpc) is 2.83. The molecule has 3 heteroatoms. The van der Waals surface area contributed by atoms with Crippen LogP contribution in [0.15, 0.2) is 0 Å². The minimum absolute atomic E-state index is 0.164. The number of nitrogens with zero attached hydrogens (tertiary/aromatic N) is 1. The largest absolute Gasteiger partial charge is 0.325 e. The molecule has 1 aliphatic heterocycles. The lowest BCUT2D eigenvalue weighted by Crippen LogP contribution is -2.45. The van der Waals surface area contributed by atoms with Crippen LogP contribution in [0.5, 0.6) is 0 Å². The molecule has 1 amide bonds. The second kappa shape index (κ2) is 4.12. The lowest BCUT2D eigenvalue weighted by atomic mass is 9.97. The van der Waals surface area contributed by atoms with Crippen molar-refractivity contribution in [2.24, 2.45) is 0 Å². The summed E-state index contributed by atoms with van der Waals surface area (Å²) in [7, 11) is 0. The van der Waals surface area contributed by atoms with Gasteiger partial charge in [0.2, 0.25) is 5.91 Å². The number of carbonyl (C=O) groups is 1. The summed E-state index contributed by atoms with van der Waals surface area (Å²) in [5.41, 5.74) is -0.164. The highest BCUT2D eigenvalue weighted by Crippen LogP contribution is 2.35. The first-order chi connectivity index (χ1) is 7.23. The smallest absolute Gasteiger partial charge is 0.244 e.